The van der Waals surface area contributed by atoms with Gasteiger partial charge in [-0.2, -0.15) is 4.98 Å². The third-order valence-electron chi connectivity index (χ3n) is 4.56. The quantitative estimate of drug-likeness (QED) is 0.612. The minimum atomic E-state index is 0.602. The van der Waals surface area contributed by atoms with Gasteiger partial charge in [-0.3, -0.25) is 0 Å². The lowest BCUT2D eigenvalue weighted by atomic mass is 9.97. The number of aromatic nitrogens is 4. The summed E-state index contributed by atoms with van der Waals surface area (Å²) in [5, 5.41) is 5.26. The molecule has 3 aromatic heterocycles. The molecule has 4 aromatic rings. The summed E-state index contributed by atoms with van der Waals surface area (Å²) in [5.74, 6) is 1.35. The van der Waals surface area contributed by atoms with E-state index in [2.05, 4.69) is 53.0 Å². The Morgan fingerprint density at radius 3 is 2.68 bits per heavy atom. The average molecular weight is 332 g/mol. The minimum Gasteiger partial charge on any atom is -0.346 e. The summed E-state index contributed by atoms with van der Waals surface area (Å²) in [5.41, 5.74) is 7.08. The Balaban J connectivity index is 1.57. The molecule has 4 rings (SSSR count). The van der Waals surface area contributed by atoms with E-state index >= 15 is 0 Å². The number of fused-ring (bicyclic) bond motifs is 1. The summed E-state index contributed by atoms with van der Waals surface area (Å²) in [6.07, 6.45) is 5.02. The Kier molecular flexibility index (Phi) is 3.84. The molecule has 5 nitrogen and oxygen atoms in total. The van der Waals surface area contributed by atoms with Crippen LogP contribution in [0.3, 0.4) is 0 Å². The molecule has 0 saturated heterocycles. The summed E-state index contributed by atoms with van der Waals surface area (Å²) in [7, 11) is 0. The Morgan fingerprint density at radius 1 is 1.08 bits per heavy atom. The van der Waals surface area contributed by atoms with Crippen molar-refractivity contribution in [2.75, 3.05) is 0 Å². The number of H-pyrrole nitrogens is 1. The lowest BCUT2D eigenvalue weighted by Gasteiger charge is -2.09. The Hall–Kier alpha value is -2.95. The van der Waals surface area contributed by atoms with E-state index in [0.717, 1.165) is 22.4 Å². The fraction of sp³-hybridized carbons (Fsp3) is 0.250. The van der Waals surface area contributed by atoms with Crippen molar-refractivity contribution < 1.29 is 4.52 Å². The van der Waals surface area contributed by atoms with Gasteiger partial charge in [-0.1, -0.05) is 22.9 Å². The number of aryl methyl sites for hydroxylation is 3. The van der Waals surface area contributed by atoms with Crippen molar-refractivity contribution in [3.8, 4) is 0 Å². The van der Waals surface area contributed by atoms with Crippen LogP contribution in [-0.2, 0) is 12.8 Å². The fourth-order valence-corrected chi connectivity index (χ4v) is 3.40. The normalized spacial score (nSPS) is 11.3. The summed E-state index contributed by atoms with van der Waals surface area (Å²) >= 11 is 0. The lowest BCUT2D eigenvalue weighted by Crippen LogP contribution is -1.98. The molecule has 126 valence electrons. The van der Waals surface area contributed by atoms with Crippen molar-refractivity contribution in [3.63, 3.8) is 0 Å². The predicted octanol–water partition coefficient (Wildman–Crippen LogP) is 4.05. The Bertz CT molecular complexity index is 1020. The van der Waals surface area contributed by atoms with Crippen LogP contribution in [0.4, 0.5) is 0 Å². The molecule has 0 spiro atoms. The van der Waals surface area contributed by atoms with Crippen LogP contribution >= 0.6 is 0 Å². The van der Waals surface area contributed by atoms with Gasteiger partial charge in [0.1, 0.15) is 5.65 Å². The largest absolute Gasteiger partial charge is 0.346 e. The molecule has 0 unspecified atom stereocenters. The second-order valence-corrected chi connectivity index (χ2v) is 6.55. The molecule has 0 aliphatic heterocycles. The molecule has 1 aromatic carbocycles. The third kappa shape index (κ3) is 3.05. The first-order chi connectivity index (χ1) is 12.1. The summed E-state index contributed by atoms with van der Waals surface area (Å²) < 4.78 is 5.47. The summed E-state index contributed by atoms with van der Waals surface area (Å²) in [6, 6.07) is 8.37. The molecule has 0 bridgehead atoms. The van der Waals surface area contributed by atoms with Gasteiger partial charge < -0.3 is 9.51 Å². The third-order valence-corrected chi connectivity index (χ3v) is 4.56. The van der Waals surface area contributed by atoms with Crippen molar-refractivity contribution in [2.45, 2.75) is 33.6 Å². The van der Waals surface area contributed by atoms with Crippen molar-refractivity contribution in [3.05, 3.63) is 76.2 Å². The molecular weight excluding hydrogens is 312 g/mol. The summed E-state index contributed by atoms with van der Waals surface area (Å²) in [4.78, 5) is 12.1. The maximum absolute atomic E-state index is 5.47. The molecule has 5 heteroatoms. The van der Waals surface area contributed by atoms with E-state index in [0.29, 0.717) is 18.7 Å². The number of aromatic amines is 1. The number of hydrogen-bond acceptors (Lipinski definition) is 4. The number of nitrogens with zero attached hydrogens (tertiary/aromatic N) is 3. The van der Waals surface area contributed by atoms with Crippen LogP contribution in [-0.4, -0.2) is 20.1 Å². The van der Waals surface area contributed by atoms with Gasteiger partial charge in [-0.05, 0) is 55.2 Å². The molecule has 0 atom stereocenters. The van der Waals surface area contributed by atoms with Crippen LogP contribution in [0.15, 0.2) is 41.2 Å². The van der Waals surface area contributed by atoms with Crippen LogP contribution < -0.4 is 0 Å². The van der Waals surface area contributed by atoms with Crippen LogP contribution in [0.2, 0.25) is 0 Å². The lowest BCUT2D eigenvalue weighted by molar-refractivity contribution is 0.380. The van der Waals surface area contributed by atoms with E-state index < -0.39 is 0 Å². The van der Waals surface area contributed by atoms with Gasteiger partial charge >= 0.3 is 0 Å². The Morgan fingerprint density at radius 2 is 1.88 bits per heavy atom. The smallest absolute Gasteiger partial charge is 0.231 e. The van der Waals surface area contributed by atoms with E-state index in [4.69, 9.17) is 4.52 Å². The first kappa shape index (κ1) is 15.6. The maximum atomic E-state index is 5.47. The van der Waals surface area contributed by atoms with Crippen molar-refractivity contribution >= 4 is 11.0 Å². The molecule has 0 saturated carbocycles. The SMILES string of the molecule is Cc1cc(C)c(Cc2noc(Cc3c[nH]c4ncccc34)n2)c(C)c1. The molecule has 0 fully saturated rings. The standard InChI is InChI=1S/C20H20N4O/c1-12-7-13(2)17(14(3)8-12)10-18-23-19(25-24-18)9-15-11-22-20-16(15)5-4-6-21-20/h4-8,11H,9-10H2,1-3H3,(H,21,22). The highest BCUT2D eigenvalue weighted by Crippen LogP contribution is 2.21. The highest BCUT2D eigenvalue weighted by atomic mass is 16.5. The van der Waals surface area contributed by atoms with Gasteiger partial charge in [0, 0.05) is 24.2 Å². The first-order valence-corrected chi connectivity index (χ1v) is 8.39. The molecular formula is C20H20N4O. The average Bonchev–Trinajstić information content (AvgIpc) is 3.19. The predicted molar refractivity (Wildman–Crippen MR) is 96.7 cm³/mol. The monoisotopic (exact) mass is 332 g/mol. The van der Waals surface area contributed by atoms with E-state index in [-0.39, 0.29) is 0 Å². The van der Waals surface area contributed by atoms with Gasteiger partial charge in [0.2, 0.25) is 5.89 Å². The summed E-state index contributed by atoms with van der Waals surface area (Å²) in [6.45, 7) is 6.39. The van der Waals surface area contributed by atoms with Gasteiger partial charge in [0.15, 0.2) is 5.82 Å². The topological polar surface area (TPSA) is 67.6 Å². The molecule has 0 radical (unpaired) electrons. The van der Waals surface area contributed by atoms with Crippen LogP contribution in [0.25, 0.3) is 11.0 Å². The van der Waals surface area contributed by atoms with Gasteiger partial charge in [0.05, 0.1) is 6.42 Å². The van der Waals surface area contributed by atoms with E-state index in [1.54, 1.807) is 6.20 Å². The molecule has 0 aliphatic rings. The fourth-order valence-electron chi connectivity index (χ4n) is 3.40. The molecule has 1 N–H and O–H groups in total. The molecule has 0 aliphatic carbocycles. The number of pyridine rings is 1. The maximum Gasteiger partial charge on any atom is 0.231 e. The zero-order chi connectivity index (χ0) is 17.4. The zero-order valence-electron chi connectivity index (χ0n) is 14.6. The van der Waals surface area contributed by atoms with Crippen LogP contribution in [0, 0.1) is 20.8 Å². The van der Waals surface area contributed by atoms with Crippen molar-refractivity contribution in [1.29, 1.82) is 0 Å². The second-order valence-electron chi connectivity index (χ2n) is 6.55. The zero-order valence-corrected chi connectivity index (χ0v) is 14.6. The van der Waals surface area contributed by atoms with Gasteiger partial charge in [-0.25, -0.2) is 4.98 Å². The van der Waals surface area contributed by atoms with Crippen LogP contribution in [0.5, 0.6) is 0 Å². The number of nitrogens with one attached hydrogen (secondary N) is 1. The highest BCUT2D eigenvalue weighted by Gasteiger charge is 2.13. The van der Waals surface area contributed by atoms with E-state index in [9.17, 15) is 0 Å². The number of benzene rings is 1. The molecule has 0 amide bonds. The minimum absolute atomic E-state index is 0.602. The van der Waals surface area contributed by atoms with Crippen molar-refractivity contribution in [1.82, 2.24) is 20.1 Å². The molecule has 25 heavy (non-hydrogen) atoms. The first-order valence-electron chi connectivity index (χ1n) is 8.39. The number of hydrogen-bond donors (Lipinski definition) is 1. The number of rotatable bonds is 4. The highest BCUT2D eigenvalue weighted by molar-refractivity contribution is 5.79. The molecule has 3 heterocycles. The second kappa shape index (κ2) is 6.16. The Labute approximate surface area is 146 Å². The van der Waals surface area contributed by atoms with E-state index in [1.807, 2.05) is 18.3 Å². The van der Waals surface area contributed by atoms with Crippen LogP contribution in [0.1, 0.15) is 39.5 Å². The van der Waals surface area contributed by atoms with Crippen molar-refractivity contribution in [2.24, 2.45) is 0 Å². The van der Waals surface area contributed by atoms with E-state index in [1.165, 1.54) is 22.3 Å². The van der Waals surface area contributed by atoms with Gasteiger partial charge in [-0.15, -0.1) is 0 Å². The van der Waals surface area contributed by atoms with Gasteiger partial charge in [0.25, 0.3) is 0 Å².